The molecule has 0 aliphatic rings. The van der Waals surface area contributed by atoms with E-state index in [1.807, 2.05) is 20.8 Å². The average molecular weight is 393 g/mol. The Labute approximate surface area is 161 Å². The highest BCUT2D eigenvalue weighted by molar-refractivity contribution is 7.15. The number of hydrogen-bond acceptors (Lipinski definition) is 7. The van der Waals surface area contributed by atoms with Gasteiger partial charge in [0, 0.05) is 18.9 Å². The maximum Gasteiger partial charge on any atom is 0.333 e. The third-order valence-corrected chi connectivity index (χ3v) is 4.85. The summed E-state index contributed by atoms with van der Waals surface area (Å²) in [6.07, 6.45) is -0.646. The van der Waals surface area contributed by atoms with E-state index in [1.165, 1.54) is 18.4 Å². The van der Waals surface area contributed by atoms with E-state index in [2.05, 4.69) is 15.5 Å². The van der Waals surface area contributed by atoms with Gasteiger partial charge >= 0.3 is 5.97 Å². The smallest absolute Gasteiger partial charge is 0.333 e. The Bertz CT molecular complexity index is 783. The SMILES string of the molecule is CO[C@@H](Cc1ccc(OCC(=O)Nc2nnc(C(C)(C)C)s2)cc1)C(=O)O. The van der Waals surface area contributed by atoms with Crippen molar-refractivity contribution in [3.05, 3.63) is 34.8 Å². The molecule has 0 spiro atoms. The molecule has 0 aliphatic heterocycles. The molecule has 0 saturated carbocycles. The summed E-state index contributed by atoms with van der Waals surface area (Å²) in [6, 6.07) is 6.84. The number of carbonyl (C=O) groups excluding carboxylic acids is 1. The molecule has 1 aromatic carbocycles. The highest BCUT2D eigenvalue weighted by Crippen LogP contribution is 2.27. The lowest BCUT2D eigenvalue weighted by Gasteiger charge is -2.12. The first kappa shape index (κ1) is 20.8. The van der Waals surface area contributed by atoms with Crippen LogP contribution in [0.15, 0.2) is 24.3 Å². The highest BCUT2D eigenvalue weighted by Gasteiger charge is 2.20. The van der Waals surface area contributed by atoms with Gasteiger partial charge in [0.1, 0.15) is 10.8 Å². The zero-order chi connectivity index (χ0) is 20.0. The molecule has 0 bridgehead atoms. The fourth-order valence-corrected chi connectivity index (χ4v) is 2.91. The normalized spacial score (nSPS) is 12.4. The molecule has 0 saturated heterocycles. The number of anilines is 1. The summed E-state index contributed by atoms with van der Waals surface area (Å²) in [5, 5.41) is 21.0. The Balaban J connectivity index is 1.84. The molecular formula is C18H23N3O5S. The lowest BCUT2D eigenvalue weighted by atomic mass is 9.98. The van der Waals surface area contributed by atoms with Gasteiger partial charge in [-0.05, 0) is 17.7 Å². The number of aromatic nitrogens is 2. The van der Waals surface area contributed by atoms with Crippen molar-refractivity contribution in [1.82, 2.24) is 10.2 Å². The van der Waals surface area contributed by atoms with E-state index in [4.69, 9.17) is 14.6 Å². The van der Waals surface area contributed by atoms with Gasteiger partial charge in [-0.1, -0.05) is 44.2 Å². The quantitative estimate of drug-likeness (QED) is 0.709. The summed E-state index contributed by atoms with van der Waals surface area (Å²) in [7, 11) is 1.36. The molecule has 8 nitrogen and oxygen atoms in total. The fraction of sp³-hybridized carbons (Fsp3) is 0.444. The van der Waals surface area contributed by atoms with Crippen molar-refractivity contribution < 1.29 is 24.2 Å². The van der Waals surface area contributed by atoms with Crippen molar-refractivity contribution in [3.8, 4) is 5.75 Å². The van der Waals surface area contributed by atoms with Gasteiger partial charge in [0.25, 0.3) is 5.91 Å². The van der Waals surface area contributed by atoms with Crippen LogP contribution in [0.2, 0.25) is 0 Å². The van der Waals surface area contributed by atoms with Crippen LogP contribution in [-0.2, 0) is 26.2 Å². The van der Waals surface area contributed by atoms with Gasteiger partial charge in [-0.15, -0.1) is 10.2 Å². The molecule has 1 atom stereocenters. The molecular weight excluding hydrogens is 370 g/mol. The number of aliphatic carboxylic acids is 1. The zero-order valence-electron chi connectivity index (χ0n) is 15.7. The number of methoxy groups -OCH3 is 1. The molecule has 9 heteroatoms. The van der Waals surface area contributed by atoms with Gasteiger partial charge in [0.05, 0.1) is 0 Å². The van der Waals surface area contributed by atoms with E-state index in [-0.39, 0.29) is 24.3 Å². The number of hydrogen-bond donors (Lipinski definition) is 2. The van der Waals surface area contributed by atoms with Crippen LogP contribution in [0, 0.1) is 0 Å². The Kier molecular flexibility index (Phi) is 6.86. The van der Waals surface area contributed by atoms with Crippen LogP contribution in [0.3, 0.4) is 0 Å². The van der Waals surface area contributed by atoms with Crippen LogP contribution in [0.25, 0.3) is 0 Å². The summed E-state index contributed by atoms with van der Waals surface area (Å²) < 4.78 is 10.4. The van der Waals surface area contributed by atoms with E-state index in [9.17, 15) is 9.59 Å². The lowest BCUT2D eigenvalue weighted by molar-refractivity contribution is -0.148. The fourth-order valence-electron chi connectivity index (χ4n) is 2.09. The third-order valence-electron chi connectivity index (χ3n) is 3.59. The number of carboxylic acids is 1. The zero-order valence-corrected chi connectivity index (χ0v) is 16.5. The Morgan fingerprint density at radius 2 is 1.89 bits per heavy atom. The number of amides is 1. The Hall–Kier alpha value is -2.52. The van der Waals surface area contributed by atoms with Crippen LogP contribution in [0.5, 0.6) is 5.75 Å². The maximum absolute atomic E-state index is 12.0. The molecule has 1 aromatic heterocycles. The van der Waals surface area contributed by atoms with Crippen molar-refractivity contribution >= 4 is 28.3 Å². The van der Waals surface area contributed by atoms with Gasteiger partial charge in [-0.2, -0.15) is 0 Å². The molecule has 27 heavy (non-hydrogen) atoms. The summed E-state index contributed by atoms with van der Waals surface area (Å²) in [4.78, 5) is 23.0. The minimum Gasteiger partial charge on any atom is -0.484 e. The molecule has 0 unspecified atom stereocenters. The Morgan fingerprint density at radius 1 is 1.22 bits per heavy atom. The molecule has 2 rings (SSSR count). The molecule has 2 N–H and O–H groups in total. The minimum absolute atomic E-state index is 0.124. The monoisotopic (exact) mass is 393 g/mol. The number of nitrogens with one attached hydrogen (secondary N) is 1. The number of rotatable bonds is 8. The van der Waals surface area contributed by atoms with E-state index < -0.39 is 12.1 Å². The van der Waals surface area contributed by atoms with Gasteiger partial charge in [-0.25, -0.2) is 4.79 Å². The maximum atomic E-state index is 12.0. The molecule has 2 aromatic rings. The molecule has 146 valence electrons. The first-order chi connectivity index (χ1) is 12.7. The predicted molar refractivity (Wildman–Crippen MR) is 101 cm³/mol. The van der Waals surface area contributed by atoms with Crippen LogP contribution in [-0.4, -0.2) is 47.0 Å². The molecule has 0 fully saturated rings. The van der Waals surface area contributed by atoms with E-state index in [1.54, 1.807) is 24.3 Å². The van der Waals surface area contributed by atoms with E-state index in [0.717, 1.165) is 10.6 Å². The van der Waals surface area contributed by atoms with Crippen LogP contribution in [0.1, 0.15) is 31.3 Å². The van der Waals surface area contributed by atoms with Crippen LogP contribution >= 0.6 is 11.3 Å². The average Bonchev–Trinajstić information content (AvgIpc) is 3.07. The predicted octanol–water partition coefficient (Wildman–Crippen LogP) is 2.50. The number of benzene rings is 1. The molecule has 1 heterocycles. The Morgan fingerprint density at radius 3 is 2.41 bits per heavy atom. The standard InChI is InChI=1S/C18H23N3O5S/c1-18(2,3)16-20-21-17(27-16)19-14(22)10-26-12-7-5-11(6-8-12)9-13(25-4)15(23)24/h5-8,13H,9-10H2,1-4H3,(H,23,24)(H,19,21,22)/t13-/m0/s1. The largest absolute Gasteiger partial charge is 0.484 e. The summed E-state index contributed by atoms with van der Waals surface area (Å²) in [6.45, 7) is 5.91. The number of nitrogens with zero attached hydrogens (tertiary/aromatic N) is 2. The summed E-state index contributed by atoms with van der Waals surface area (Å²) >= 11 is 1.33. The van der Waals surface area contributed by atoms with Crippen LogP contribution in [0.4, 0.5) is 5.13 Å². The van der Waals surface area contributed by atoms with E-state index >= 15 is 0 Å². The topological polar surface area (TPSA) is 111 Å². The number of carboxylic acid groups (broad SMARTS) is 1. The van der Waals surface area contributed by atoms with Gasteiger partial charge < -0.3 is 14.6 Å². The number of carbonyl (C=O) groups is 2. The molecule has 1 amide bonds. The van der Waals surface area contributed by atoms with Crippen molar-refractivity contribution in [2.24, 2.45) is 0 Å². The summed E-state index contributed by atoms with van der Waals surface area (Å²) in [5.41, 5.74) is 0.672. The molecule has 0 aliphatic carbocycles. The lowest BCUT2D eigenvalue weighted by Crippen LogP contribution is -2.24. The second-order valence-electron chi connectivity index (χ2n) is 6.91. The first-order valence-corrected chi connectivity index (χ1v) is 9.12. The number of ether oxygens (including phenoxy) is 2. The second kappa shape index (κ2) is 8.92. The van der Waals surface area contributed by atoms with Crippen molar-refractivity contribution in [2.45, 2.75) is 38.7 Å². The highest BCUT2D eigenvalue weighted by atomic mass is 32.1. The van der Waals surface area contributed by atoms with Crippen molar-refractivity contribution in [2.75, 3.05) is 19.0 Å². The third kappa shape index (κ3) is 6.30. The second-order valence-corrected chi connectivity index (χ2v) is 7.89. The summed E-state index contributed by atoms with van der Waals surface area (Å²) in [5.74, 6) is -0.840. The molecule has 0 radical (unpaired) electrons. The van der Waals surface area contributed by atoms with E-state index in [0.29, 0.717) is 10.9 Å². The van der Waals surface area contributed by atoms with Crippen molar-refractivity contribution in [3.63, 3.8) is 0 Å². The van der Waals surface area contributed by atoms with Crippen molar-refractivity contribution in [1.29, 1.82) is 0 Å². The first-order valence-electron chi connectivity index (χ1n) is 8.30. The minimum atomic E-state index is -1.01. The van der Waals surface area contributed by atoms with Gasteiger partial charge in [0.2, 0.25) is 5.13 Å². The van der Waals surface area contributed by atoms with Gasteiger partial charge in [0.15, 0.2) is 12.7 Å². The van der Waals surface area contributed by atoms with Gasteiger partial charge in [-0.3, -0.25) is 10.1 Å². The van der Waals surface area contributed by atoms with Crippen LogP contribution < -0.4 is 10.1 Å².